The summed E-state index contributed by atoms with van der Waals surface area (Å²) in [4.78, 5) is 16.7. The van der Waals surface area contributed by atoms with Crippen molar-refractivity contribution in [3.63, 3.8) is 0 Å². The first-order chi connectivity index (χ1) is 14.1. The van der Waals surface area contributed by atoms with Gasteiger partial charge in [-0.25, -0.2) is 4.98 Å². The maximum Gasteiger partial charge on any atom is 0.248 e. The van der Waals surface area contributed by atoms with Crippen LogP contribution in [-0.4, -0.2) is 25.1 Å². The van der Waals surface area contributed by atoms with E-state index in [-0.39, 0.29) is 5.91 Å². The molecule has 1 aromatic heterocycles. The molecular weight excluding hydrogens is 388 g/mol. The summed E-state index contributed by atoms with van der Waals surface area (Å²) in [5.74, 6) is 1.63. The Kier molecular flexibility index (Phi) is 6.86. The number of aromatic nitrogens is 1. The minimum atomic E-state index is -0.266. The number of methoxy groups -OCH3 is 2. The smallest absolute Gasteiger partial charge is 0.248 e. The van der Waals surface area contributed by atoms with Crippen molar-refractivity contribution >= 4 is 29.0 Å². The number of thiazole rings is 1. The van der Waals surface area contributed by atoms with Crippen molar-refractivity contribution in [2.24, 2.45) is 0 Å². The lowest BCUT2D eigenvalue weighted by molar-refractivity contribution is -0.111. The van der Waals surface area contributed by atoms with Gasteiger partial charge in [0.1, 0.15) is 23.9 Å². The highest BCUT2D eigenvalue weighted by atomic mass is 32.1. The third-order valence-electron chi connectivity index (χ3n) is 4.01. The zero-order valence-corrected chi connectivity index (χ0v) is 17.3. The number of carbonyl (C=O) groups is 1. The molecule has 7 heteroatoms. The monoisotopic (exact) mass is 410 g/mol. The molecule has 1 heterocycles. The molecule has 0 saturated carbocycles. The van der Waals surface area contributed by atoms with Crippen molar-refractivity contribution in [2.45, 2.75) is 13.5 Å². The highest BCUT2D eigenvalue weighted by molar-refractivity contribution is 7.09. The van der Waals surface area contributed by atoms with Crippen LogP contribution in [0, 0.1) is 6.92 Å². The van der Waals surface area contributed by atoms with E-state index in [0.717, 1.165) is 22.0 Å². The number of anilines is 1. The average molecular weight is 410 g/mol. The molecule has 0 fully saturated rings. The maximum atomic E-state index is 12.3. The van der Waals surface area contributed by atoms with Gasteiger partial charge in [0.2, 0.25) is 5.91 Å². The molecule has 6 nitrogen and oxygen atoms in total. The Morgan fingerprint density at radius 1 is 1.14 bits per heavy atom. The molecule has 2 aromatic carbocycles. The third-order valence-corrected chi connectivity index (χ3v) is 4.83. The Hall–Kier alpha value is -3.32. The van der Waals surface area contributed by atoms with E-state index in [1.165, 1.54) is 6.08 Å². The van der Waals surface area contributed by atoms with Gasteiger partial charge in [-0.2, -0.15) is 0 Å². The van der Waals surface area contributed by atoms with Crippen molar-refractivity contribution in [3.05, 3.63) is 70.2 Å². The second-order valence-electron chi connectivity index (χ2n) is 6.11. The quantitative estimate of drug-likeness (QED) is 0.545. The lowest BCUT2D eigenvalue weighted by Crippen LogP contribution is -2.09. The Labute approximate surface area is 173 Å². The molecule has 0 aliphatic rings. The van der Waals surface area contributed by atoms with Crippen molar-refractivity contribution in [3.8, 4) is 17.2 Å². The van der Waals surface area contributed by atoms with Crippen LogP contribution < -0.4 is 19.5 Å². The molecule has 0 aliphatic carbocycles. The van der Waals surface area contributed by atoms with Gasteiger partial charge in [0.25, 0.3) is 0 Å². The zero-order chi connectivity index (χ0) is 20.6. The van der Waals surface area contributed by atoms with Gasteiger partial charge >= 0.3 is 0 Å². The van der Waals surface area contributed by atoms with Gasteiger partial charge in [-0.1, -0.05) is 12.1 Å². The number of nitrogens with one attached hydrogen (secondary N) is 1. The summed E-state index contributed by atoms with van der Waals surface area (Å²) in [5.41, 5.74) is 2.33. The first-order valence-electron chi connectivity index (χ1n) is 8.92. The fourth-order valence-corrected chi connectivity index (χ4v) is 3.19. The molecule has 0 bridgehead atoms. The maximum absolute atomic E-state index is 12.3. The van der Waals surface area contributed by atoms with Crippen LogP contribution in [0.4, 0.5) is 5.69 Å². The summed E-state index contributed by atoms with van der Waals surface area (Å²) >= 11 is 1.60. The number of ether oxygens (including phenoxy) is 3. The van der Waals surface area contributed by atoms with E-state index in [4.69, 9.17) is 14.2 Å². The van der Waals surface area contributed by atoms with Gasteiger partial charge in [-0.05, 0) is 42.8 Å². The fourth-order valence-electron chi connectivity index (χ4n) is 2.59. The molecule has 1 amide bonds. The van der Waals surface area contributed by atoms with Crippen LogP contribution in [0.5, 0.6) is 17.2 Å². The molecule has 150 valence electrons. The summed E-state index contributed by atoms with van der Waals surface area (Å²) in [6.07, 6.45) is 3.19. The highest BCUT2D eigenvalue weighted by Crippen LogP contribution is 2.29. The zero-order valence-electron chi connectivity index (χ0n) is 16.5. The van der Waals surface area contributed by atoms with Crippen LogP contribution >= 0.6 is 11.3 Å². The van der Waals surface area contributed by atoms with Crippen LogP contribution in [0.25, 0.3) is 6.08 Å². The van der Waals surface area contributed by atoms with E-state index in [2.05, 4.69) is 10.3 Å². The summed E-state index contributed by atoms with van der Waals surface area (Å²) in [6, 6.07) is 12.7. The first kappa shape index (κ1) is 20.4. The summed E-state index contributed by atoms with van der Waals surface area (Å²) in [7, 11) is 3.12. The summed E-state index contributed by atoms with van der Waals surface area (Å²) in [5, 5.41) is 5.80. The van der Waals surface area contributed by atoms with E-state index >= 15 is 0 Å². The van der Waals surface area contributed by atoms with E-state index < -0.39 is 0 Å². The molecular formula is C22H22N2O4S. The Bertz CT molecular complexity index is 1010. The lowest BCUT2D eigenvalue weighted by Gasteiger charge is -2.10. The number of carbonyl (C=O) groups excluding carboxylic acids is 1. The van der Waals surface area contributed by atoms with Gasteiger partial charge in [0, 0.05) is 17.5 Å². The molecule has 0 radical (unpaired) electrons. The van der Waals surface area contributed by atoms with E-state index in [1.54, 1.807) is 49.8 Å². The predicted molar refractivity (Wildman–Crippen MR) is 115 cm³/mol. The van der Waals surface area contributed by atoms with E-state index in [1.807, 2.05) is 36.6 Å². The van der Waals surface area contributed by atoms with Gasteiger partial charge in [0.05, 0.1) is 30.6 Å². The van der Waals surface area contributed by atoms with E-state index in [0.29, 0.717) is 23.8 Å². The summed E-state index contributed by atoms with van der Waals surface area (Å²) < 4.78 is 16.2. The minimum Gasteiger partial charge on any atom is -0.497 e. The van der Waals surface area contributed by atoms with Gasteiger partial charge in [-0.3, -0.25) is 4.79 Å². The normalized spacial score (nSPS) is 10.7. The minimum absolute atomic E-state index is 0.266. The third kappa shape index (κ3) is 5.83. The molecule has 1 N–H and O–H groups in total. The SMILES string of the molecule is COc1ccc(NC(=O)/C=C/c2cccc(OCc3csc(C)n3)c2)c(OC)c1. The standard InChI is InChI=1S/C22H22N2O4S/c1-15-23-17(14-29-15)13-28-19-6-4-5-16(11-19)7-10-22(25)24-20-9-8-18(26-2)12-21(20)27-3/h4-12,14H,13H2,1-3H3,(H,24,25)/b10-7+. The molecule has 3 aromatic rings. The lowest BCUT2D eigenvalue weighted by atomic mass is 10.2. The van der Waals surface area contributed by atoms with E-state index in [9.17, 15) is 4.79 Å². The van der Waals surface area contributed by atoms with Crippen LogP contribution in [0.1, 0.15) is 16.3 Å². The molecule has 0 unspecified atom stereocenters. The molecule has 0 saturated heterocycles. The average Bonchev–Trinajstić information content (AvgIpc) is 3.16. The van der Waals surface area contributed by atoms with Crippen LogP contribution in [-0.2, 0) is 11.4 Å². The molecule has 29 heavy (non-hydrogen) atoms. The highest BCUT2D eigenvalue weighted by Gasteiger charge is 2.07. The Morgan fingerprint density at radius 3 is 2.72 bits per heavy atom. The summed E-state index contributed by atoms with van der Waals surface area (Å²) in [6.45, 7) is 2.38. The molecule has 0 aliphatic heterocycles. The van der Waals surface area contributed by atoms with Crippen LogP contribution in [0.2, 0.25) is 0 Å². The van der Waals surface area contributed by atoms with Crippen LogP contribution in [0.15, 0.2) is 53.9 Å². The number of rotatable bonds is 8. The Balaban J connectivity index is 1.61. The number of nitrogens with zero attached hydrogens (tertiary/aromatic N) is 1. The van der Waals surface area contributed by atoms with Crippen molar-refractivity contribution in [1.29, 1.82) is 0 Å². The van der Waals surface area contributed by atoms with Crippen molar-refractivity contribution < 1.29 is 19.0 Å². The molecule has 0 spiro atoms. The topological polar surface area (TPSA) is 69.7 Å². The second-order valence-corrected chi connectivity index (χ2v) is 7.17. The molecule has 0 atom stereocenters. The largest absolute Gasteiger partial charge is 0.497 e. The van der Waals surface area contributed by atoms with Crippen molar-refractivity contribution in [1.82, 2.24) is 4.98 Å². The van der Waals surface area contributed by atoms with Gasteiger partial charge < -0.3 is 19.5 Å². The number of hydrogen-bond donors (Lipinski definition) is 1. The number of aryl methyl sites for hydroxylation is 1. The van der Waals surface area contributed by atoms with Crippen LogP contribution in [0.3, 0.4) is 0 Å². The fraction of sp³-hybridized carbons (Fsp3) is 0.182. The first-order valence-corrected chi connectivity index (χ1v) is 9.80. The number of benzene rings is 2. The van der Waals surface area contributed by atoms with Crippen molar-refractivity contribution in [2.75, 3.05) is 19.5 Å². The Morgan fingerprint density at radius 2 is 2.00 bits per heavy atom. The number of amides is 1. The predicted octanol–water partition coefficient (Wildman–Crippen LogP) is 4.70. The van der Waals surface area contributed by atoms with Gasteiger partial charge in [-0.15, -0.1) is 11.3 Å². The van der Waals surface area contributed by atoms with Gasteiger partial charge in [0.15, 0.2) is 0 Å². The second kappa shape index (κ2) is 9.75. The number of hydrogen-bond acceptors (Lipinski definition) is 6. The molecule has 3 rings (SSSR count).